The second-order valence-electron chi connectivity index (χ2n) is 7.70. The fourth-order valence-electron chi connectivity index (χ4n) is 3.67. The third-order valence-corrected chi connectivity index (χ3v) is 5.60. The molecule has 1 saturated carbocycles. The summed E-state index contributed by atoms with van der Waals surface area (Å²) in [6.45, 7) is 8.31. The van der Waals surface area contributed by atoms with Crippen molar-refractivity contribution in [2.75, 3.05) is 32.7 Å². The van der Waals surface area contributed by atoms with Crippen molar-refractivity contribution in [2.45, 2.75) is 45.4 Å². The number of benzene rings is 1. The summed E-state index contributed by atoms with van der Waals surface area (Å²) in [5.74, 6) is 1.96. The molecule has 1 aromatic carbocycles. The van der Waals surface area contributed by atoms with Crippen molar-refractivity contribution in [1.82, 2.24) is 20.3 Å². The SMILES string of the molecule is CCNC(=NCc1ccccc1OC1CCC1)N1CCN(Cc2ccon2)CC1.I. The summed E-state index contributed by atoms with van der Waals surface area (Å²) in [4.78, 5) is 9.67. The maximum absolute atomic E-state index is 6.16. The summed E-state index contributed by atoms with van der Waals surface area (Å²) >= 11 is 0. The van der Waals surface area contributed by atoms with Gasteiger partial charge in [-0.3, -0.25) is 4.90 Å². The van der Waals surface area contributed by atoms with E-state index in [0.717, 1.165) is 62.2 Å². The average molecular weight is 525 g/mol. The molecular formula is C22H32IN5O2. The maximum atomic E-state index is 6.16. The van der Waals surface area contributed by atoms with Crippen LogP contribution in [0.25, 0.3) is 0 Å². The molecule has 4 rings (SSSR count). The molecule has 0 unspecified atom stereocenters. The van der Waals surface area contributed by atoms with E-state index in [9.17, 15) is 0 Å². The van der Waals surface area contributed by atoms with Gasteiger partial charge in [0.2, 0.25) is 0 Å². The Hall–Kier alpha value is -1.81. The van der Waals surface area contributed by atoms with Crippen LogP contribution in [0.1, 0.15) is 37.4 Å². The molecular weight excluding hydrogens is 493 g/mol. The zero-order valence-electron chi connectivity index (χ0n) is 17.6. The van der Waals surface area contributed by atoms with E-state index in [1.54, 1.807) is 6.26 Å². The summed E-state index contributed by atoms with van der Waals surface area (Å²) in [6, 6.07) is 10.2. The molecule has 0 spiro atoms. The molecule has 164 valence electrons. The molecule has 1 aliphatic heterocycles. The zero-order valence-corrected chi connectivity index (χ0v) is 20.0. The largest absolute Gasteiger partial charge is 0.490 e. The molecule has 0 radical (unpaired) electrons. The van der Waals surface area contributed by atoms with Crippen molar-refractivity contribution in [3.63, 3.8) is 0 Å². The molecule has 1 saturated heterocycles. The molecule has 1 N–H and O–H groups in total. The van der Waals surface area contributed by atoms with Crippen molar-refractivity contribution in [3.05, 3.63) is 47.9 Å². The summed E-state index contributed by atoms with van der Waals surface area (Å²) in [6.07, 6.45) is 5.62. The molecule has 7 nitrogen and oxygen atoms in total. The first-order chi connectivity index (χ1) is 14.3. The average Bonchev–Trinajstić information content (AvgIpc) is 3.22. The van der Waals surface area contributed by atoms with E-state index in [0.29, 0.717) is 12.6 Å². The molecule has 30 heavy (non-hydrogen) atoms. The van der Waals surface area contributed by atoms with Gasteiger partial charge in [0.15, 0.2) is 5.96 Å². The molecule has 2 fully saturated rings. The highest BCUT2D eigenvalue weighted by Gasteiger charge is 2.22. The minimum absolute atomic E-state index is 0. The number of guanidine groups is 1. The quantitative estimate of drug-likeness (QED) is 0.339. The first-order valence-corrected chi connectivity index (χ1v) is 10.7. The van der Waals surface area contributed by atoms with Gasteiger partial charge in [0.05, 0.1) is 18.3 Å². The van der Waals surface area contributed by atoms with Crippen molar-refractivity contribution >= 4 is 29.9 Å². The van der Waals surface area contributed by atoms with Gasteiger partial charge in [-0.15, -0.1) is 24.0 Å². The number of aromatic nitrogens is 1. The Morgan fingerprint density at radius 1 is 1.20 bits per heavy atom. The van der Waals surface area contributed by atoms with Crippen LogP contribution in [-0.2, 0) is 13.1 Å². The monoisotopic (exact) mass is 525 g/mol. The Kier molecular flexibility index (Phi) is 8.80. The van der Waals surface area contributed by atoms with Crippen LogP contribution in [0.15, 0.2) is 46.1 Å². The van der Waals surface area contributed by atoms with Crippen molar-refractivity contribution in [2.24, 2.45) is 4.99 Å². The molecule has 2 aromatic rings. The number of halogens is 1. The smallest absolute Gasteiger partial charge is 0.194 e. The maximum Gasteiger partial charge on any atom is 0.194 e. The number of nitrogens with one attached hydrogen (secondary N) is 1. The van der Waals surface area contributed by atoms with Crippen LogP contribution in [0.3, 0.4) is 0 Å². The number of hydrogen-bond donors (Lipinski definition) is 1. The molecule has 8 heteroatoms. The van der Waals surface area contributed by atoms with Gasteiger partial charge >= 0.3 is 0 Å². The van der Waals surface area contributed by atoms with Crippen molar-refractivity contribution in [3.8, 4) is 5.75 Å². The van der Waals surface area contributed by atoms with Crippen LogP contribution in [0.5, 0.6) is 5.75 Å². The first kappa shape index (κ1) is 22.9. The van der Waals surface area contributed by atoms with E-state index in [1.807, 2.05) is 12.1 Å². The Morgan fingerprint density at radius 2 is 2.00 bits per heavy atom. The first-order valence-electron chi connectivity index (χ1n) is 10.7. The van der Waals surface area contributed by atoms with Gasteiger partial charge in [-0.25, -0.2) is 4.99 Å². The fraction of sp³-hybridized carbons (Fsp3) is 0.545. The lowest BCUT2D eigenvalue weighted by Gasteiger charge is -2.36. The second-order valence-corrected chi connectivity index (χ2v) is 7.70. The predicted molar refractivity (Wildman–Crippen MR) is 128 cm³/mol. The number of aliphatic imine (C=N–C) groups is 1. The lowest BCUT2D eigenvalue weighted by Crippen LogP contribution is -2.52. The van der Waals surface area contributed by atoms with Crippen molar-refractivity contribution in [1.29, 1.82) is 0 Å². The number of rotatable bonds is 7. The van der Waals surface area contributed by atoms with Crippen molar-refractivity contribution < 1.29 is 9.26 Å². The Morgan fingerprint density at radius 3 is 2.67 bits per heavy atom. The van der Waals surface area contributed by atoms with Gasteiger partial charge in [0.1, 0.15) is 12.0 Å². The third kappa shape index (κ3) is 6.10. The molecule has 2 aliphatic rings. The van der Waals surface area contributed by atoms with E-state index in [4.69, 9.17) is 14.3 Å². The lowest BCUT2D eigenvalue weighted by atomic mass is 9.96. The normalized spacial score (nSPS) is 17.9. The van der Waals surface area contributed by atoms with Gasteiger partial charge in [0.25, 0.3) is 0 Å². The van der Waals surface area contributed by atoms with Gasteiger partial charge in [-0.1, -0.05) is 23.4 Å². The van der Waals surface area contributed by atoms with Crippen LogP contribution in [0.4, 0.5) is 0 Å². The van der Waals surface area contributed by atoms with E-state index in [2.05, 4.69) is 45.4 Å². The van der Waals surface area contributed by atoms with Gasteiger partial charge in [-0.2, -0.15) is 0 Å². The topological polar surface area (TPSA) is 66.1 Å². The van der Waals surface area contributed by atoms with E-state index < -0.39 is 0 Å². The lowest BCUT2D eigenvalue weighted by molar-refractivity contribution is 0.119. The summed E-state index contributed by atoms with van der Waals surface area (Å²) in [7, 11) is 0. The Labute approximate surface area is 195 Å². The van der Waals surface area contributed by atoms with E-state index >= 15 is 0 Å². The molecule has 0 bridgehead atoms. The van der Waals surface area contributed by atoms with Gasteiger partial charge < -0.3 is 19.5 Å². The zero-order chi connectivity index (χ0) is 19.9. The molecule has 0 amide bonds. The summed E-state index contributed by atoms with van der Waals surface area (Å²) in [5.41, 5.74) is 2.14. The highest BCUT2D eigenvalue weighted by molar-refractivity contribution is 14.0. The number of ether oxygens (including phenoxy) is 1. The standard InChI is InChI=1S/C22H31N5O2.HI/c1-2-23-22(27-13-11-26(12-14-27)17-19-10-15-28-25-19)24-16-18-6-3-4-9-21(18)29-20-7-5-8-20;/h3-4,6,9-10,15,20H,2,5,7-8,11-14,16-17H2,1H3,(H,23,24);1H. The van der Waals surface area contributed by atoms with Crippen LogP contribution in [-0.4, -0.2) is 59.7 Å². The second kappa shape index (κ2) is 11.5. The van der Waals surface area contributed by atoms with E-state index in [1.165, 1.54) is 19.3 Å². The number of nitrogens with zero attached hydrogens (tertiary/aromatic N) is 4. The number of hydrogen-bond acceptors (Lipinski definition) is 5. The summed E-state index contributed by atoms with van der Waals surface area (Å²) in [5, 5.41) is 7.47. The van der Waals surface area contributed by atoms with Crippen LogP contribution >= 0.6 is 24.0 Å². The van der Waals surface area contributed by atoms with Gasteiger partial charge in [0, 0.05) is 50.9 Å². The highest BCUT2D eigenvalue weighted by Crippen LogP contribution is 2.28. The van der Waals surface area contributed by atoms with Crippen LogP contribution in [0, 0.1) is 0 Å². The third-order valence-electron chi connectivity index (χ3n) is 5.60. The van der Waals surface area contributed by atoms with Crippen LogP contribution < -0.4 is 10.1 Å². The van der Waals surface area contributed by atoms with Gasteiger partial charge in [-0.05, 0) is 32.3 Å². The number of piperazine rings is 1. The Bertz CT molecular complexity index is 787. The minimum atomic E-state index is 0. The number of para-hydroxylation sites is 1. The predicted octanol–water partition coefficient (Wildman–Crippen LogP) is 3.51. The van der Waals surface area contributed by atoms with Crippen LogP contribution in [0.2, 0.25) is 0 Å². The molecule has 2 heterocycles. The highest BCUT2D eigenvalue weighted by atomic mass is 127. The molecule has 1 aromatic heterocycles. The summed E-state index contributed by atoms with van der Waals surface area (Å²) < 4.78 is 11.1. The van der Waals surface area contributed by atoms with E-state index in [-0.39, 0.29) is 24.0 Å². The molecule has 1 aliphatic carbocycles. The fourth-order valence-corrected chi connectivity index (χ4v) is 3.67. The minimum Gasteiger partial charge on any atom is -0.490 e. The molecule has 0 atom stereocenters. The Balaban J connectivity index is 0.00000256.